The predicted molar refractivity (Wildman–Crippen MR) is 85.9 cm³/mol. The van der Waals surface area contributed by atoms with Gasteiger partial charge in [-0.2, -0.15) is 0 Å². The van der Waals surface area contributed by atoms with E-state index in [1.165, 1.54) is 0 Å². The van der Waals surface area contributed by atoms with Gasteiger partial charge in [0.1, 0.15) is 18.3 Å². The fraction of sp³-hybridized carbons (Fsp3) is 1.00. The van der Waals surface area contributed by atoms with Crippen molar-refractivity contribution in [3.8, 4) is 0 Å². The maximum atomic E-state index is 10.2. The van der Waals surface area contributed by atoms with Gasteiger partial charge in [0.05, 0.1) is 6.61 Å². The molecule has 1 N–H and O–H groups in total. The molecule has 1 aliphatic heterocycles. The van der Waals surface area contributed by atoms with Crippen molar-refractivity contribution in [1.29, 1.82) is 0 Å². The number of hydrogen-bond acceptors (Lipinski definition) is 5. The Labute approximate surface area is 135 Å². The van der Waals surface area contributed by atoms with Crippen LogP contribution in [0.5, 0.6) is 0 Å². The summed E-state index contributed by atoms with van der Waals surface area (Å²) in [5.74, 6) is 0. The molecule has 1 saturated heterocycles. The van der Waals surface area contributed by atoms with Crippen molar-refractivity contribution in [2.75, 3.05) is 26.4 Å². The van der Waals surface area contributed by atoms with Gasteiger partial charge in [0.25, 0.3) is 0 Å². The first-order chi connectivity index (χ1) is 10.7. The van der Waals surface area contributed by atoms with Crippen molar-refractivity contribution in [1.82, 2.24) is 0 Å². The Balaban J connectivity index is 2.59. The number of rotatable bonds is 12. The molecule has 1 heterocycles. The standard InChI is InChI=1S/C17H34O5/c1-4-7-10-19-15-14(18)13-22-17(21-12-9-6-3)16(15)20-11-8-5-2/h14-18H,4-13H2,1-3H3/t14-,15+,16-,17+/m0/s1. The van der Waals surface area contributed by atoms with Gasteiger partial charge in [-0.1, -0.05) is 40.0 Å². The molecule has 0 aromatic rings. The minimum atomic E-state index is -0.658. The lowest BCUT2D eigenvalue weighted by Crippen LogP contribution is -2.56. The van der Waals surface area contributed by atoms with Crippen molar-refractivity contribution in [3.63, 3.8) is 0 Å². The molecule has 4 atom stereocenters. The Bertz CT molecular complexity index is 261. The van der Waals surface area contributed by atoms with Crippen molar-refractivity contribution in [2.24, 2.45) is 0 Å². The molecule has 0 aliphatic carbocycles. The molecular weight excluding hydrogens is 284 g/mol. The van der Waals surface area contributed by atoms with Gasteiger partial charge >= 0.3 is 0 Å². The number of ether oxygens (including phenoxy) is 4. The summed E-state index contributed by atoms with van der Waals surface area (Å²) in [6.45, 7) is 8.52. The van der Waals surface area contributed by atoms with Crippen LogP contribution in [0.4, 0.5) is 0 Å². The highest BCUT2D eigenvalue weighted by atomic mass is 16.7. The number of unbranched alkanes of at least 4 members (excludes halogenated alkanes) is 3. The zero-order valence-electron chi connectivity index (χ0n) is 14.5. The average Bonchev–Trinajstić information content (AvgIpc) is 2.52. The Hall–Kier alpha value is -0.200. The second-order valence-electron chi connectivity index (χ2n) is 5.87. The maximum Gasteiger partial charge on any atom is 0.186 e. The van der Waals surface area contributed by atoms with Gasteiger partial charge in [0.15, 0.2) is 6.29 Å². The quantitative estimate of drug-likeness (QED) is 0.561. The van der Waals surface area contributed by atoms with Gasteiger partial charge in [-0.3, -0.25) is 0 Å². The van der Waals surface area contributed by atoms with E-state index in [0.29, 0.717) is 19.8 Å². The maximum absolute atomic E-state index is 10.2. The van der Waals surface area contributed by atoms with Crippen molar-refractivity contribution in [2.45, 2.75) is 83.9 Å². The molecule has 0 bridgehead atoms. The molecule has 0 saturated carbocycles. The zero-order chi connectivity index (χ0) is 16.2. The summed E-state index contributed by atoms with van der Waals surface area (Å²) >= 11 is 0. The van der Waals surface area contributed by atoms with Gasteiger partial charge in [0, 0.05) is 19.8 Å². The lowest BCUT2D eigenvalue weighted by atomic mass is 10.0. The first kappa shape index (κ1) is 19.8. The Morgan fingerprint density at radius 1 is 0.818 bits per heavy atom. The van der Waals surface area contributed by atoms with Crippen LogP contribution in [0, 0.1) is 0 Å². The van der Waals surface area contributed by atoms with Crippen LogP contribution in [0.1, 0.15) is 59.3 Å². The van der Waals surface area contributed by atoms with Gasteiger partial charge < -0.3 is 24.1 Å². The van der Waals surface area contributed by atoms with Crippen LogP contribution < -0.4 is 0 Å². The van der Waals surface area contributed by atoms with E-state index in [1.807, 2.05) is 0 Å². The largest absolute Gasteiger partial charge is 0.388 e. The molecule has 1 fully saturated rings. The van der Waals surface area contributed by atoms with Gasteiger partial charge in [-0.05, 0) is 19.3 Å². The fourth-order valence-corrected chi connectivity index (χ4v) is 2.35. The Kier molecular flexibility index (Phi) is 11.1. The van der Waals surface area contributed by atoms with Crippen LogP contribution in [0.2, 0.25) is 0 Å². The molecule has 1 rings (SSSR count). The van der Waals surface area contributed by atoms with Crippen LogP contribution >= 0.6 is 0 Å². The van der Waals surface area contributed by atoms with E-state index in [2.05, 4.69) is 20.8 Å². The van der Waals surface area contributed by atoms with E-state index < -0.39 is 12.4 Å². The van der Waals surface area contributed by atoms with Gasteiger partial charge in [0.2, 0.25) is 0 Å². The molecule has 0 amide bonds. The van der Waals surface area contributed by atoms with Crippen LogP contribution in [0.3, 0.4) is 0 Å². The highest BCUT2D eigenvalue weighted by Gasteiger charge is 2.42. The number of aliphatic hydroxyl groups excluding tert-OH is 1. The lowest BCUT2D eigenvalue weighted by molar-refractivity contribution is -0.288. The molecule has 5 heteroatoms. The van der Waals surface area contributed by atoms with Crippen LogP contribution in [0.15, 0.2) is 0 Å². The fourth-order valence-electron chi connectivity index (χ4n) is 2.35. The van der Waals surface area contributed by atoms with Gasteiger partial charge in [-0.15, -0.1) is 0 Å². The van der Waals surface area contributed by atoms with E-state index in [4.69, 9.17) is 18.9 Å². The van der Waals surface area contributed by atoms with Crippen molar-refractivity contribution < 1.29 is 24.1 Å². The van der Waals surface area contributed by atoms with E-state index in [9.17, 15) is 5.11 Å². The van der Waals surface area contributed by atoms with Crippen molar-refractivity contribution in [3.05, 3.63) is 0 Å². The van der Waals surface area contributed by atoms with Crippen LogP contribution in [-0.2, 0) is 18.9 Å². The monoisotopic (exact) mass is 318 g/mol. The number of aliphatic hydroxyl groups is 1. The second-order valence-corrected chi connectivity index (χ2v) is 5.87. The summed E-state index contributed by atoms with van der Waals surface area (Å²) in [7, 11) is 0. The molecule has 0 radical (unpaired) electrons. The third-order valence-electron chi connectivity index (χ3n) is 3.80. The summed E-state index contributed by atoms with van der Waals surface area (Å²) in [6.07, 6.45) is 4.33. The molecule has 0 aromatic carbocycles. The van der Waals surface area contributed by atoms with Crippen molar-refractivity contribution >= 4 is 0 Å². The molecule has 5 nitrogen and oxygen atoms in total. The highest BCUT2D eigenvalue weighted by Crippen LogP contribution is 2.23. The molecule has 0 spiro atoms. The zero-order valence-corrected chi connectivity index (χ0v) is 14.5. The minimum absolute atomic E-state index is 0.237. The summed E-state index contributed by atoms with van der Waals surface area (Å²) < 4.78 is 23.3. The normalized spacial score (nSPS) is 28.9. The smallest absolute Gasteiger partial charge is 0.186 e. The number of hydrogen-bond donors (Lipinski definition) is 1. The van der Waals surface area contributed by atoms with E-state index >= 15 is 0 Å². The topological polar surface area (TPSA) is 57.2 Å². The summed E-state index contributed by atoms with van der Waals surface area (Å²) in [5, 5.41) is 10.2. The Morgan fingerprint density at radius 2 is 1.32 bits per heavy atom. The van der Waals surface area contributed by atoms with E-state index in [1.54, 1.807) is 0 Å². The molecule has 1 aliphatic rings. The summed E-state index contributed by atoms with van der Waals surface area (Å²) in [4.78, 5) is 0. The SMILES string of the molecule is CCCCO[C@@H]1OC[C@H](O)[C@@H](OCCCC)[C@@H]1OCCCC. The summed E-state index contributed by atoms with van der Waals surface area (Å²) in [6, 6.07) is 0. The molecule has 0 unspecified atom stereocenters. The third-order valence-corrected chi connectivity index (χ3v) is 3.80. The summed E-state index contributed by atoms with van der Waals surface area (Å²) in [5.41, 5.74) is 0. The molecule has 132 valence electrons. The van der Waals surface area contributed by atoms with Gasteiger partial charge in [-0.25, -0.2) is 0 Å². The Morgan fingerprint density at radius 3 is 1.86 bits per heavy atom. The molecule has 0 aromatic heterocycles. The molecule has 22 heavy (non-hydrogen) atoms. The molecular formula is C17H34O5. The lowest BCUT2D eigenvalue weighted by Gasteiger charge is -2.40. The third kappa shape index (κ3) is 6.92. The average molecular weight is 318 g/mol. The van der Waals surface area contributed by atoms with Crippen LogP contribution in [-0.4, -0.2) is 56.1 Å². The predicted octanol–water partition coefficient (Wildman–Crippen LogP) is 2.89. The van der Waals surface area contributed by atoms with E-state index in [-0.39, 0.29) is 18.8 Å². The first-order valence-corrected chi connectivity index (χ1v) is 8.89. The first-order valence-electron chi connectivity index (χ1n) is 8.89. The highest BCUT2D eigenvalue weighted by molar-refractivity contribution is 4.86. The second kappa shape index (κ2) is 12.3. The van der Waals surface area contributed by atoms with E-state index in [0.717, 1.165) is 38.5 Å². The van der Waals surface area contributed by atoms with Crippen LogP contribution in [0.25, 0.3) is 0 Å². The minimum Gasteiger partial charge on any atom is -0.388 e.